The van der Waals surface area contributed by atoms with Crippen molar-refractivity contribution >= 4 is 33.3 Å². The Morgan fingerprint density at radius 1 is 1.29 bits per heavy atom. The van der Waals surface area contributed by atoms with Crippen LogP contribution in [-0.4, -0.2) is 14.1 Å². The highest BCUT2D eigenvalue weighted by atomic mass is 35.5. The van der Waals surface area contributed by atoms with Crippen LogP contribution in [0.1, 0.15) is 0 Å². The first-order valence-electron chi connectivity index (χ1n) is 3.74. The number of hydrogen-bond acceptors (Lipinski definition) is 4. The van der Waals surface area contributed by atoms with E-state index in [9.17, 15) is 9.59 Å². The van der Waals surface area contributed by atoms with Gasteiger partial charge in [0.1, 0.15) is 4.83 Å². The molecule has 0 fully saturated rings. The molecule has 0 amide bonds. The van der Waals surface area contributed by atoms with Crippen molar-refractivity contribution in [3.8, 4) is 0 Å². The zero-order chi connectivity index (χ0) is 10.5. The van der Waals surface area contributed by atoms with E-state index in [-0.39, 0.29) is 15.7 Å². The average molecular weight is 232 g/mol. The van der Waals surface area contributed by atoms with E-state index in [2.05, 4.69) is 4.98 Å². The first kappa shape index (κ1) is 9.42. The second-order valence-electron chi connectivity index (χ2n) is 2.83. The summed E-state index contributed by atoms with van der Waals surface area (Å²) in [6, 6.07) is 0. The Morgan fingerprint density at radius 3 is 2.57 bits per heavy atom. The molecule has 0 aliphatic heterocycles. The summed E-state index contributed by atoms with van der Waals surface area (Å²) in [5, 5.41) is 0. The molecule has 2 aromatic rings. The van der Waals surface area contributed by atoms with E-state index in [0.29, 0.717) is 4.83 Å². The van der Waals surface area contributed by atoms with Gasteiger partial charge in [-0.2, -0.15) is 0 Å². The Hall–Kier alpha value is -1.14. The maximum Gasteiger partial charge on any atom is 0.331 e. The molecule has 0 aliphatic rings. The summed E-state index contributed by atoms with van der Waals surface area (Å²) in [6.45, 7) is 0. The molecule has 0 N–H and O–H groups in total. The zero-order valence-electron chi connectivity index (χ0n) is 7.44. The van der Waals surface area contributed by atoms with Gasteiger partial charge in [-0.1, -0.05) is 22.9 Å². The first-order valence-corrected chi connectivity index (χ1v) is 4.94. The molecule has 0 atom stereocenters. The third-order valence-corrected chi connectivity index (χ3v) is 3.21. The summed E-state index contributed by atoms with van der Waals surface area (Å²) in [5.74, 6) is 0. The van der Waals surface area contributed by atoms with Crippen LogP contribution in [0.15, 0.2) is 9.59 Å². The van der Waals surface area contributed by atoms with Crippen molar-refractivity contribution in [1.82, 2.24) is 14.1 Å². The Balaban J connectivity index is 3.17. The molecule has 0 spiro atoms. The monoisotopic (exact) mass is 231 g/mol. The van der Waals surface area contributed by atoms with E-state index in [1.54, 1.807) is 7.05 Å². The maximum atomic E-state index is 11.5. The van der Waals surface area contributed by atoms with Crippen LogP contribution in [-0.2, 0) is 14.1 Å². The number of thiazole rings is 1. The molecule has 7 heteroatoms. The quantitative estimate of drug-likeness (QED) is 0.657. The fourth-order valence-corrected chi connectivity index (χ4v) is 2.26. The van der Waals surface area contributed by atoms with Crippen molar-refractivity contribution in [2.24, 2.45) is 14.1 Å². The molecular formula is C7H6ClN3O2S. The van der Waals surface area contributed by atoms with Gasteiger partial charge >= 0.3 is 5.69 Å². The minimum atomic E-state index is -0.411. The SMILES string of the molecule is Cn1c(=O)c2nc(Cl)sc2n(C)c1=O. The molecule has 2 aromatic heterocycles. The Labute approximate surface area is 87.2 Å². The minimum absolute atomic E-state index is 0.240. The second kappa shape index (κ2) is 2.93. The van der Waals surface area contributed by atoms with Gasteiger partial charge in [-0.05, 0) is 0 Å². The molecule has 0 bridgehead atoms. The van der Waals surface area contributed by atoms with Crippen LogP contribution >= 0.6 is 22.9 Å². The van der Waals surface area contributed by atoms with E-state index in [0.717, 1.165) is 15.9 Å². The van der Waals surface area contributed by atoms with Crippen molar-refractivity contribution in [3.05, 3.63) is 25.3 Å². The summed E-state index contributed by atoms with van der Waals surface area (Å²) in [7, 11) is 3.00. The lowest BCUT2D eigenvalue weighted by molar-refractivity contribution is 0.715. The number of aryl methyl sites for hydroxylation is 1. The zero-order valence-corrected chi connectivity index (χ0v) is 9.02. The van der Waals surface area contributed by atoms with Gasteiger partial charge in [0.2, 0.25) is 0 Å². The Kier molecular flexibility index (Phi) is 1.97. The molecule has 0 saturated heterocycles. The van der Waals surface area contributed by atoms with Gasteiger partial charge in [0.25, 0.3) is 5.56 Å². The van der Waals surface area contributed by atoms with E-state index < -0.39 is 5.56 Å². The molecule has 5 nitrogen and oxygen atoms in total. The lowest BCUT2D eigenvalue weighted by Crippen LogP contribution is -2.36. The van der Waals surface area contributed by atoms with Gasteiger partial charge in [0, 0.05) is 14.1 Å². The van der Waals surface area contributed by atoms with Crippen LogP contribution < -0.4 is 11.2 Å². The van der Waals surface area contributed by atoms with Crippen LogP contribution in [0.5, 0.6) is 0 Å². The van der Waals surface area contributed by atoms with E-state index >= 15 is 0 Å². The summed E-state index contributed by atoms with van der Waals surface area (Å²) in [4.78, 5) is 27.4. The molecule has 0 unspecified atom stereocenters. The smallest absolute Gasteiger partial charge is 0.286 e. The van der Waals surface area contributed by atoms with Crippen LogP contribution in [0, 0.1) is 0 Å². The second-order valence-corrected chi connectivity index (χ2v) is 4.39. The number of rotatable bonds is 0. The minimum Gasteiger partial charge on any atom is -0.286 e. The molecule has 0 saturated carbocycles. The molecule has 0 radical (unpaired) electrons. The average Bonchev–Trinajstić information content (AvgIpc) is 2.54. The lowest BCUT2D eigenvalue weighted by atomic mass is 10.5. The third kappa shape index (κ3) is 1.11. The fraction of sp³-hybridized carbons (Fsp3) is 0.286. The van der Waals surface area contributed by atoms with Gasteiger partial charge in [-0.15, -0.1) is 0 Å². The predicted octanol–water partition coefficient (Wildman–Crippen LogP) is 0.347. The van der Waals surface area contributed by atoms with Crippen LogP contribution in [0.2, 0.25) is 4.47 Å². The normalized spacial score (nSPS) is 11.1. The third-order valence-electron chi connectivity index (χ3n) is 1.97. The van der Waals surface area contributed by atoms with Gasteiger partial charge in [0.05, 0.1) is 0 Å². The van der Waals surface area contributed by atoms with Gasteiger partial charge in [-0.25, -0.2) is 9.78 Å². The lowest BCUT2D eigenvalue weighted by Gasteiger charge is -2.00. The molecule has 74 valence electrons. The molecule has 2 heterocycles. The summed E-state index contributed by atoms with van der Waals surface area (Å²) in [6.07, 6.45) is 0. The Bertz CT molecular complexity index is 624. The van der Waals surface area contributed by atoms with Gasteiger partial charge in [-0.3, -0.25) is 13.9 Å². The standard InChI is InChI=1S/C7H6ClN3O2S/c1-10-4(12)3-5(11(2)7(10)13)14-6(8)9-3/h1-2H3. The summed E-state index contributed by atoms with van der Waals surface area (Å²) >= 11 is 6.80. The van der Waals surface area contributed by atoms with Crippen molar-refractivity contribution in [1.29, 1.82) is 0 Å². The van der Waals surface area contributed by atoms with Crippen LogP contribution in [0.25, 0.3) is 10.3 Å². The highest BCUT2D eigenvalue weighted by Crippen LogP contribution is 2.21. The fourth-order valence-electron chi connectivity index (χ4n) is 1.21. The van der Waals surface area contributed by atoms with Crippen molar-refractivity contribution in [2.45, 2.75) is 0 Å². The molecular weight excluding hydrogens is 226 g/mol. The van der Waals surface area contributed by atoms with Crippen molar-refractivity contribution in [3.63, 3.8) is 0 Å². The summed E-state index contributed by atoms with van der Waals surface area (Å²) < 4.78 is 2.64. The number of halogens is 1. The van der Waals surface area contributed by atoms with Crippen LogP contribution in [0.4, 0.5) is 0 Å². The van der Waals surface area contributed by atoms with Crippen molar-refractivity contribution in [2.75, 3.05) is 0 Å². The maximum absolute atomic E-state index is 11.5. The topological polar surface area (TPSA) is 56.9 Å². The predicted molar refractivity (Wildman–Crippen MR) is 55.1 cm³/mol. The number of fused-ring (bicyclic) bond motifs is 1. The first-order chi connectivity index (χ1) is 6.52. The Morgan fingerprint density at radius 2 is 1.93 bits per heavy atom. The van der Waals surface area contributed by atoms with E-state index in [1.165, 1.54) is 11.6 Å². The number of aromatic nitrogens is 3. The molecule has 0 aromatic carbocycles. The summed E-state index contributed by atoms with van der Waals surface area (Å²) in [5.41, 5.74) is -0.543. The highest BCUT2D eigenvalue weighted by molar-refractivity contribution is 7.21. The van der Waals surface area contributed by atoms with Gasteiger partial charge in [0.15, 0.2) is 9.98 Å². The van der Waals surface area contributed by atoms with Crippen molar-refractivity contribution < 1.29 is 0 Å². The highest BCUT2D eigenvalue weighted by Gasteiger charge is 2.12. The number of hydrogen-bond donors (Lipinski definition) is 0. The van der Waals surface area contributed by atoms with Gasteiger partial charge < -0.3 is 0 Å². The molecule has 2 rings (SSSR count). The largest absolute Gasteiger partial charge is 0.331 e. The van der Waals surface area contributed by atoms with Crippen LogP contribution in [0.3, 0.4) is 0 Å². The van der Waals surface area contributed by atoms with E-state index in [1.807, 2.05) is 0 Å². The molecule has 14 heavy (non-hydrogen) atoms. The van der Waals surface area contributed by atoms with E-state index in [4.69, 9.17) is 11.6 Å². The molecule has 0 aliphatic carbocycles. The number of nitrogens with zero attached hydrogens (tertiary/aromatic N) is 3.